The first-order chi connectivity index (χ1) is 11.1. The van der Waals surface area contributed by atoms with Crippen LogP contribution in [-0.4, -0.2) is 38.1 Å². The number of aromatic nitrogens is 1. The van der Waals surface area contributed by atoms with Crippen molar-refractivity contribution in [2.24, 2.45) is 4.99 Å². The monoisotopic (exact) mass is 315 g/mol. The van der Waals surface area contributed by atoms with E-state index in [-0.39, 0.29) is 0 Å². The quantitative estimate of drug-likeness (QED) is 0.631. The highest BCUT2D eigenvalue weighted by Gasteiger charge is 2.06. The zero-order valence-electron chi connectivity index (χ0n) is 14.3. The van der Waals surface area contributed by atoms with Crippen molar-refractivity contribution in [1.29, 1.82) is 0 Å². The van der Waals surface area contributed by atoms with Gasteiger partial charge in [0.1, 0.15) is 5.76 Å². The lowest BCUT2D eigenvalue weighted by Gasteiger charge is -2.20. The summed E-state index contributed by atoms with van der Waals surface area (Å²) in [5, 5.41) is 6.49. The van der Waals surface area contributed by atoms with Gasteiger partial charge in [-0.3, -0.25) is 4.99 Å². The van der Waals surface area contributed by atoms with Gasteiger partial charge in [0, 0.05) is 32.9 Å². The fourth-order valence-electron chi connectivity index (χ4n) is 2.15. The van der Waals surface area contributed by atoms with Crippen LogP contribution >= 0.6 is 0 Å². The molecule has 1 heterocycles. The number of anilines is 1. The molecule has 2 aromatic rings. The molecule has 2 rings (SSSR count). The smallest absolute Gasteiger partial charge is 0.214 e. The van der Waals surface area contributed by atoms with Crippen LogP contribution in [-0.2, 0) is 6.54 Å². The first-order valence-electron chi connectivity index (χ1n) is 7.73. The van der Waals surface area contributed by atoms with Crippen molar-refractivity contribution in [2.45, 2.75) is 20.4 Å². The van der Waals surface area contributed by atoms with E-state index in [2.05, 4.69) is 44.7 Å². The molecule has 0 spiro atoms. The fourth-order valence-corrected chi connectivity index (χ4v) is 2.15. The van der Waals surface area contributed by atoms with Gasteiger partial charge in [-0.05, 0) is 26.0 Å². The second-order valence-electron chi connectivity index (χ2n) is 5.36. The highest BCUT2D eigenvalue weighted by atomic mass is 16.4. The average molecular weight is 315 g/mol. The largest absolute Gasteiger partial charge is 0.444 e. The van der Waals surface area contributed by atoms with E-state index in [1.807, 2.05) is 32.0 Å². The van der Waals surface area contributed by atoms with Crippen LogP contribution in [0.5, 0.6) is 0 Å². The van der Waals surface area contributed by atoms with E-state index in [0.717, 1.165) is 30.5 Å². The van der Waals surface area contributed by atoms with Crippen LogP contribution in [0.3, 0.4) is 0 Å². The molecular formula is C17H25N5O. The zero-order chi connectivity index (χ0) is 16.7. The van der Waals surface area contributed by atoms with Crippen LogP contribution in [0.15, 0.2) is 39.7 Å². The Kier molecular flexibility index (Phi) is 6.02. The molecule has 6 heteroatoms. The summed E-state index contributed by atoms with van der Waals surface area (Å²) in [7, 11) is 3.83. The number of benzene rings is 1. The van der Waals surface area contributed by atoms with Crippen molar-refractivity contribution < 1.29 is 4.42 Å². The summed E-state index contributed by atoms with van der Waals surface area (Å²) >= 11 is 0. The van der Waals surface area contributed by atoms with Gasteiger partial charge >= 0.3 is 0 Å². The molecule has 0 saturated heterocycles. The molecule has 0 aliphatic carbocycles. The predicted octanol–water partition coefficient (Wildman–Crippen LogP) is 2.09. The molecular weight excluding hydrogens is 290 g/mol. The number of rotatable bonds is 6. The number of aryl methyl sites for hydroxylation is 2. The van der Waals surface area contributed by atoms with E-state index >= 15 is 0 Å². The Hall–Kier alpha value is -2.50. The van der Waals surface area contributed by atoms with Gasteiger partial charge < -0.3 is 20.0 Å². The number of nitrogens with one attached hydrogen (secondary N) is 2. The lowest BCUT2D eigenvalue weighted by Crippen LogP contribution is -2.40. The first-order valence-corrected chi connectivity index (χ1v) is 7.73. The second-order valence-corrected chi connectivity index (χ2v) is 5.36. The molecule has 124 valence electrons. The molecule has 1 aromatic carbocycles. The number of hydrogen-bond acceptors (Lipinski definition) is 4. The maximum atomic E-state index is 5.55. The minimum Gasteiger partial charge on any atom is -0.444 e. The third-order valence-corrected chi connectivity index (χ3v) is 3.64. The van der Waals surface area contributed by atoms with Gasteiger partial charge in [-0.15, -0.1) is 0 Å². The second kappa shape index (κ2) is 8.22. The van der Waals surface area contributed by atoms with Gasteiger partial charge in [0.15, 0.2) is 5.96 Å². The van der Waals surface area contributed by atoms with Crippen molar-refractivity contribution >= 4 is 11.6 Å². The third kappa shape index (κ3) is 5.02. The lowest BCUT2D eigenvalue weighted by atomic mass is 10.3. The molecule has 0 unspecified atom stereocenters. The van der Waals surface area contributed by atoms with Crippen LogP contribution in [0.25, 0.3) is 0 Å². The fraction of sp³-hybridized carbons (Fsp3) is 0.412. The van der Waals surface area contributed by atoms with Crippen molar-refractivity contribution in [3.63, 3.8) is 0 Å². The van der Waals surface area contributed by atoms with E-state index in [9.17, 15) is 0 Å². The zero-order valence-corrected chi connectivity index (χ0v) is 14.3. The molecule has 2 N–H and O–H groups in total. The van der Waals surface area contributed by atoms with E-state index in [4.69, 9.17) is 4.42 Å². The normalized spacial score (nSPS) is 11.4. The molecule has 0 bridgehead atoms. The molecule has 0 atom stereocenters. The SMILES string of the molecule is CN=C(NCCN(C)c1ccccc1)NCc1nc(C)c(C)o1. The van der Waals surface area contributed by atoms with Crippen LogP contribution < -0.4 is 15.5 Å². The van der Waals surface area contributed by atoms with Gasteiger partial charge in [-0.1, -0.05) is 18.2 Å². The highest BCUT2D eigenvalue weighted by molar-refractivity contribution is 5.79. The van der Waals surface area contributed by atoms with E-state index in [1.54, 1.807) is 7.05 Å². The van der Waals surface area contributed by atoms with Gasteiger partial charge in [0.2, 0.25) is 5.89 Å². The number of para-hydroxylation sites is 1. The van der Waals surface area contributed by atoms with Gasteiger partial charge in [0.25, 0.3) is 0 Å². The molecule has 0 fully saturated rings. The van der Waals surface area contributed by atoms with Crippen molar-refractivity contribution in [3.8, 4) is 0 Å². The van der Waals surface area contributed by atoms with Crippen molar-refractivity contribution in [2.75, 3.05) is 32.1 Å². The Morgan fingerprint density at radius 3 is 2.57 bits per heavy atom. The average Bonchev–Trinajstić information content (AvgIpc) is 2.89. The lowest BCUT2D eigenvalue weighted by molar-refractivity contribution is 0.464. The minimum atomic E-state index is 0.517. The minimum absolute atomic E-state index is 0.517. The third-order valence-electron chi connectivity index (χ3n) is 3.64. The van der Waals surface area contributed by atoms with Crippen LogP contribution in [0.1, 0.15) is 17.3 Å². The summed E-state index contributed by atoms with van der Waals surface area (Å²) in [5.41, 5.74) is 2.12. The van der Waals surface area contributed by atoms with E-state index in [1.165, 1.54) is 5.69 Å². The Labute approximate surface area is 137 Å². The summed E-state index contributed by atoms with van der Waals surface area (Å²) < 4.78 is 5.55. The summed E-state index contributed by atoms with van der Waals surface area (Å²) in [5.74, 6) is 2.26. The van der Waals surface area contributed by atoms with Gasteiger partial charge in [-0.25, -0.2) is 4.98 Å². The topological polar surface area (TPSA) is 65.7 Å². The van der Waals surface area contributed by atoms with Crippen LogP contribution in [0, 0.1) is 13.8 Å². The van der Waals surface area contributed by atoms with Crippen molar-refractivity contribution in [1.82, 2.24) is 15.6 Å². The number of oxazole rings is 1. The Morgan fingerprint density at radius 1 is 1.22 bits per heavy atom. The van der Waals surface area contributed by atoms with E-state index < -0.39 is 0 Å². The van der Waals surface area contributed by atoms with Crippen LogP contribution in [0.4, 0.5) is 5.69 Å². The maximum Gasteiger partial charge on any atom is 0.214 e. The Morgan fingerprint density at radius 2 is 1.96 bits per heavy atom. The number of likely N-dealkylation sites (N-methyl/N-ethyl adjacent to an activating group) is 1. The number of hydrogen-bond donors (Lipinski definition) is 2. The van der Waals surface area contributed by atoms with E-state index in [0.29, 0.717) is 12.4 Å². The highest BCUT2D eigenvalue weighted by Crippen LogP contribution is 2.09. The summed E-state index contributed by atoms with van der Waals surface area (Å²) in [6.45, 7) is 6.03. The standard InChI is InChI=1S/C17H25N5O/c1-13-14(2)23-16(21-13)12-20-17(18-3)19-10-11-22(4)15-8-6-5-7-9-15/h5-9H,10-12H2,1-4H3,(H2,18,19,20). The summed E-state index contributed by atoms with van der Waals surface area (Å²) in [6.07, 6.45) is 0. The summed E-state index contributed by atoms with van der Waals surface area (Å²) in [6, 6.07) is 10.3. The van der Waals surface area contributed by atoms with Gasteiger partial charge in [-0.2, -0.15) is 0 Å². The molecule has 1 aromatic heterocycles. The van der Waals surface area contributed by atoms with Gasteiger partial charge in [0.05, 0.1) is 12.2 Å². The molecule has 6 nitrogen and oxygen atoms in total. The number of nitrogens with zero attached hydrogens (tertiary/aromatic N) is 3. The molecule has 0 radical (unpaired) electrons. The molecule has 0 amide bonds. The number of aliphatic imine (C=N–C) groups is 1. The predicted molar refractivity (Wildman–Crippen MR) is 93.9 cm³/mol. The van der Waals surface area contributed by atoms with Crippen LogP contribution in [0.2, 0.25) is 0 Å². The molecule has 0 aliphatic rings. The maximum absolute atomic E-state index is 5.55. The molecule has 23 heavy (non-hydrogen) atoms. The first kappa shape index (κ1) is 16.9. The molecule has 0 aliphatic heterocycles. The Balaban J connectivity index is 1.75. The van der Waals surface area contributed by atoms with Crippen molar-refractivity contribution in [3.05, 3.63) is 47.7 Å². The summed E-state index contributed by atoms with van der Waals surface area (Å²) in [4.78, 5) is 10.7. The molecule has 0 saturated carbocycles. The number of guanidine groups is 1. The Bertz CT molecular complexity index is 616.